The molecule has 0 unspecified atom stereocenters. The van der Waals surface area contributed by atoms with Gasteiger partial charge < -0.3 is 14.9 Å². The van der Waals surface area contributed by atoms with E-state index in [9.17, 15) is 14.0 Å². The van der Waals surface area contributed by atoms with Gasteiger partial charge in [0.2, 0.25) is 0 Å². The first-order valence-electron chi connectivity index (χ1n) is 10.7. The van der Waals surface area contributed by atoms with Crippen LogP contribution in [0.25, 0.3) is 11.0 Å². The highest BCUT2D eigenvalue weighted by atomic mass is 32.1. The lowest BCUT2D eigenvalue weighted by molar-refractivity contribution is 0.0651. The lowest BCUT2D eigenvalue weighted by Gasteiger charge is -2.31. The second-order valence-electron chi connectivity index (χ2n) is 8.68. The molecule has 2 N–H and O–H groups in total. The molecule has 1 aliphatic heterocycles. The van der Waals surface area contributed by atoms with Crippen LogP contribution in [0.15, 0.2) is 36.4 Å². The number of likely N-dealkylation sites (tertiary alicyclic amines) is 1. The molecule has 162 valence electrons. The van der Waals surface area contributed by atoms with Crippen LogP contribution in [0.2, 0.25) is 0 Å². The molecule has 1 amide bonds. The highest BCUT2D eigenvalue weighted by Gasteiger charge is 2.29. The molecule has 0 spiro atoms. The van der Waals surface area contributed by atoms with Crippen LogP contribution in [0.4, 0.5) is 4.39 Å². The molecule has 5 nitrogen and oxygen atoms in total. The number of carbonyl (C=O) groups is 2. The van der Waals surface area contributed by atoms with E-state index in [4.69, 9.17) is 12.2 Å². The lowest BCUT2D eigenvalue weighted by atomic mass is 9.88. The van der Waals surface area contributed by atoms with E-state index in [1.54, 1.807) is 4.90 Å². The van der Waals surface area contributed by atoms with Gasteiger partial charge >= 0.3 is 0 Å². The van der Waals surface area contributed by atoms with Gasteiger partial charge in [0.15, 0.2) is 10.6 Å². The van der Waals surface area contributed by atoms with Crippen molar-refractivity contribution in [1.29, 1.82) is 0 Å². The summed E-state index contributed by atoms with van der Waals surface area (Å²) in [6.45, 7) is 5.27. The van der Waals surface area contributed by atoms with Crippen molar-refractivity contribution in [3.63, 3.8) is 0 Å². The summed E-state index contributed by atoms with van der Waals surface area (Å²) in [5.74, 6) is -0.147. The fraction of sp³-hybridized carbons (Fsp3) is 0.375. The number of amides is 1. The molecular formula is C24H26FN3O2S. The number of rotatable bonds is 5. The number of aromatic nitrogens is 2. The predicted octanol–water partition coefficient (Wildman–Crippen LogP) is 5.30. The van der Waals surface area contributed by atoms with E-state index in [1.807, 2.05) is 24.3 Å². The fourth-order valence-electron chi connectivity index (χ4n) is 4.30. The standard InChI is InChI=1S/C24H26FN3O2S/c1-14(2)11-15-3-5-16(6-4-15)22(29)17-7-9-28(10-8-17)23(30)19-12-18(25)13-20-21(19)27-24(31)26-20/h3-6,12-14,17H,7-11H2,1-2H3,(H2,26,27,31). The minimum atomic E-state index is -0.493. The third kappa shape index (κ3) is 4.61. The Morgan fingerprint density at radius 3 is 2.45 bits per heavy atom. The summed E-state index contributed by atoms with van der Waals surface area (Å²) in [4.78, 5) is 33.5. The summed E-state index contributed by atoms with van der Waals surface area (Å²) >= 11 is 5.08. The minimum Gasteiger partial charge on any atom is -0.339 e. The van der Waals surface area contributed by atoms with Gasteiger partial charge in [-0.1, -0.05) is 38.1 Å². The van der Waals surface area contributed by atoms with Crippen molar-refractivity contribution < 1.29 is 14.0 Å². The summed E-state index contributed by atoms with van der Waals surface area (Å²) in [6, 6.07) is 10.4. The second kappa shape index (κ2) is 8.75. The molecule has 1 fully saturated rings. The molecule has 0 bridgehead atoms. The zero-order valence-electron chi connectivity index (χ0n) is 17.7. The van der Waals surface area contributed by atoms with E-state index < -0.39 is 5.82 Å². The zero-order valence-corrected chi connectivity index (χ0v) is 18.5. The Labute approximate surface area is 185 Å². The van der Waals surface area contributed by atoms with Crippen LogP contribution in [-0.4, -0.2) is 39.6 Å². The smallest absolute Gasteiger partial charge is 0.256 e. The Morgan fingerprint density at radius 1 is 1.13 bits per heavy atom. The first-order chi connectivity index (χ1) is 14.8. The number of nitrogens with one attached hydrogen (secondary N) is 2. The number of hydrogen-bond donors (Lipinski definition) is 2. The van der Waals surface area contributed by atoms with Crippen LogP contribution in [0, 0.1) is 22.4 Å². The predicted molar refractivity (Wildman–Crippen MR) is 121 cm³/mol. The molecule has 3 aromatic rings. The van der Waals surface area contributed by atoms with Gasteiger partial charge in [0.25, 0.3) is 5.91 Å². The van der Waals surface area contributed by atoms with E-state index in [1.165, 1.54) is 17.7 Å². The number of aromatic amines is 2. The molecule has 31 heavy (non-hydrogen) atoms. The highest BCUT2D eigenvalue weighted by Crippen LogP contribution is 2.26. The molecule has 1 aliphatic rings. The number of carbonyl (C=O) groups excluding carboxylic acids is 2. The van der Waals surface area contributed by atoms with Gasteiger partial charge in [0.1, 0.15) is 5.82 Å². The van der Waals surface area contributed by atoms with E-state index in [-0.39, 0.29) is 23.2 Å². The van der Waals surface area contributed by atoms with E-state index in [0.29, 0.717) is 47.7 Å². The molecule has 2 heterocycles. The second-order valence-corrected chi connectivity index (χ2v) is 9.09. The summed E-state index contributed by atoms with van der Waals surface area (Å²) in [7, 11) is 0. The molecule has 1 aromatic heterocycles. The number of halogens is 1. The van der Waals surface area contributed by atoms with E-state index >= 15 is 0 Å². The van der Waals surface area contributed by atoms with Crippen LogP contribution < -0.4 is 0 Å². The van der Waals surface area contributed by atoms with Crippen molar-refractivity contribution in [3.05, 3.63) is 63.7 Å². The average Bonchev–Trinajstić information content (AvgIpc) is 3.12. The number of H-pyrrole nitrogens is 2. The van der Waals surface area contributed by atoms with Crippen molar-refractivity contribution in [2.45, 2.75) is 33.1 Å². The summed E-state index contributed by atoms with van der Waals surface area (Å²) in [6.07, 6.45) is 2.19. The number of ketones is 1. The van der Waals surface area contributed by atoms with Gasteiger partial charge in [-0.25, -0.2) is 4.39 Å². The number of Topliss-reactive ketones (excluding diaryl/α,β-unsaturated/α-hetero) is 1. The van der Waals surface area contributed by atoms with Crippen LogP contribution in [0.5, 0.6) is 0 Å². The van der Waals surface area contributed by atoms with Crippen molar-refractivity contribution in [2.24, 2.45) is 11.8 Å². The maximum Gasteiger partial charge on any atom is 0.256 e. The SMILES string of the molecule is CC(C)Cc1ccc(C(=O)C2CCN(C(=O)c3cc(F)cc4[nH]c(=S)[nH]c34)CC2)cc1. The fourth-order valence-corrected chi connectivity index (χ4v) is 4.52. The van der Waals surface area contributed by atoms with Crippen molar-refractivity contribution in [1.82, 2.24) is 14.9 Å². The number of piperidine rings is 1. The minimum absolute atomic E-state index is 0.106. The average molecular weight is 440 g/mol. The van der Waals surface area contributed by atoms with E-state index in [2.05, 4.69) is 23.8 Å². The Bertz CT molecular complexity index is 1170. The van der Waals surface area contributed by atoms with Crippen LogP contribution in [-0.2, 0) is 6.42 Å². The van der Waals surface area contributed by atoms with Gasteiger partial charge in [0.05, 0.1) is 16.6 Å². The zero-order chi connectivity index (χ0) is 22.1. The number of imidazole rings is 1. The molecule has 7 heteroatoms. The summed E-state index contributed by atoms with van der Waals surface area (Å²) in [5, 5.41) is 0. The Hall–Kier alpha value is -2.80. The number of benzene rings is 2. The van der Waals surface area contributed by atoms with Crippen LogP contribution >= 0.6 is 12.2 Å². The van der Waals surface area contributed by atoms with Gasteiger partial charge in [-0.3, -0.25) is 9.59 Å². The van der Waals surface area contributed by atoms with Gasteiger partial charge in [0, 0.05) is 24.6 Å². The Morgan fingerprint density at radius 2 is 1.81 bits per heavy atom. The third-order valence-corrected chi connectivity index (χ3v) is 6.06. The molecule has 0 aliphatic carbocycles. The normalized spacial score (nSPS) is 15.0. The number of fused-ring (bicyclic) bond motifs is 1. The van der Waals surface area contributed by atoms with Gasteiger partial charge in [-0.2, -0.15) is 0 Å². The van der Waals surface area contributed by atoms with E-state index in [0.717, 1.165) is 12.0 Å². The quantitative estimate of drug-likeness (QED) is 0.419. The number of hydrogen-bond acceptors (Lipinski definition) is 3. The maximum atomic E-state index is 14.0. The molecular weight excluding hydrogens is 413 g/mol. The molecule has 0 atom stereocenters. The van der Waals surface area contributed by atoms with Crippen molar-refractivity contribution in [2.75, 3.05) is 13.1 Å². The van der Waals surface area contributed by atoms with Gasteiger partial charge in [-0.05, 0) is 55.1 Å². The maximum absolute atomic E-state index is 14.0. The van der Waals surface area contributed by atoms with Crippen molar-refractivity contribution >= 4 is 34.9 Å². The lowest BCUT2D eigenvalue weighted by Crippen LogP contribution is -2.40. The van der Waals surface area contributed by atoms with Gasteiger partial charge in [-0.15, -0.1) is 0 Å². The van der Waals surface area contributed by atoms with Crippen molar-refractivity contribution in [3.8, 4) is 0 Å². The molecule has 4 rings (SSSR count). The topological polar surface area (TPSA) is 69.0 Å². The first kappa shape index (κ1) is 21.4. The first-order valence-corrected chi connectivity index (χ1v) is 11.1. The molecule has 0 radical (unpaired) electrons. The Balaban J connectivity index is 1.43. The Kier molecular flexibility index (Phi) is 6.05. The largest absolute Gasteiger partial charge is 0.339 e. The third-order valence-electron chi connectivity index (χ3n) is 5.86. The summed E-state index contributed by atoms with van der Waals surface area (Å²) < 4.78 is 14.4. The van der Waals surface area contributed by atoms with Crippen LogP contribution in [0.1, 0.15) is 53.0 Å². The highest BCUT2D eigenvalue weighted by molar-refractivity contribution is 7.71. The monoisotopic (exact) mass is 439 g/mol. The molecule has 0 saturated carbocycles. The molecule has 2 aromatic carbocycles. The van der Waals surface area contributed by atoms with Crippen LogP contribution in [0.3, 0.4) is 0 Å². The molecule has 1 saturated heterocycles. The summed E-state index contributed by atoms with van der Waals surface area (Å²) in [5.41, 5.74) is 3.20. The number of nitrogens with zero attached hydrogens (tertiary/aromatic N) is 1.